The van der Waals surface area contributed by atoms with E-state index in [0.29, 0.717) is 31.2 Å². The molecule has 2 fully saturated rings. The summed E-state index contributed by atoms with van der Waals surface area (Å²) in [6, 6.07) is 6.91. The number of benzene rings is 1. The SMILES string of the molecule is Cc1ccc(S(=O)(=O)N2CCN(c3cc(N4CCCC4)ncn3)CC2)cc1Cl. The van der Waals surface area contributed by atoms with Crippen LogP contribution in [-0.4, -0.2) is 62.0 Å². The molecule has 9 heteroatoms. The number of halogens is 1. The van der Waals surface area contributed by atoms with E-state index in [9.17, 15) is 8.42 Å². The molecule has 2 aliphatic rings. The van der Waals surface area contributed by atoms with E-state index in [2.05, 4.69) is 19.8 Å². The van der Waals surface area contributed by atoms with Gasteiger partial charge in [-0.1, -0.05) is 17.7 Å². The molecule has 2 saturated heterocycles. The number of sulfonamides is 1. The van der Waals surface area contributed by atoms with Crippen molar-refractivity contribution in [3.8, 4) is 0 Å². The van der Waals surface area contributed by atoms with Crippen LogP contribution < -0.4 is 9.80 Å². The Morgan fingerprint density at radius 3 is 2.11 bits per heavy atom. The van der Waals surface area contributed by atoms with Crippen molar-refractivity contribution < 1.29 is 8.42 Å². The first kappa shape index (κ1) is 19.4. The summed E-state index contributed by atoms with van der Waals surface area (Å²) in [6.45, 7) is 5.93. The van der Waals surface area contributed by atoms with Crippen molar-refractivity contribution in [1.82, 2.24) is 14.3 Å². The van der Waals surface area contributed by atoms with Crippen molar-refractivity contribution in [3.05, 3.63) is 41.2 Å². The maximum absolute atomic E-state index is 12.9. The van der Waals surface area contributed by atoms with Gasteiger partial charge in [0.1, 0.15) is 18.0 Å². The van der Waals surface area contributed by atoms with Gasteiger partial charge >= 0.3 is 0 Å². The van der Waals surface area contributed by atoms with Crippen LogP contribution in [0.4, 0.5) is 11.6 Å². The summed E-state index contributed by atoms with van der Waals surface area (Å²) in [5, 5.41) is 0.468. The first-order chi connectivity index (χ1) is 13.4. The van der Waals surface area contributed by atoms with E-state index in [1.807, 2.05) is 13.0 Å². The van der Waals surface area contributed by atoms with Gasteiger partial charge in [0.05, 0.1) is 4.90 Å². The van der Waals surface area contributed by atoms with Crippen molar-refractivity contribution in [2.24, 2.45) is 0 Å². The summed E-state index contributed by atoms with van der Waals surface area (Å²) < 4.78 is 27.4. The largest absolute Gasteiger partial charge is 0.356 e. The molecule has 1 aromatic heterocycles. The number of nitrogens with zero attached hydrogens (tertiary/aromatic N) is 5. The Kier molecular flexibility index (Phi) is 5.44. The van der Waals surface area contributed by atoms with Crippen LogP contribution in [0, 0.1) is 6.92 Å². The minimum absolute atomic E-state index is 0.245. The van der Waals surface area contributed by atoms with Gasteiger partial charge in [-0.05, 0) is 37.5 Å². The average Bonchev–Trinajstić information content (AvgIpc) is 3.25. The average molecular weight is 422 g/mol. The van der Waals surface area contributed by atoms with Crippen LogP contribution in [0.25, 0.3) is 0 Å². The third-order valence-corrected chi connectivity index (χ3v) is 7.71. The zero-order chi connectivity index (χ0) is 19.7. The molecule has 150 valence electrons. The van der Waals surface area contributed by atoms with Crippen molar-refractivity contribution in [1.29, 1.82) is 0 Å². The fraction of sp³-hybridized carbons (Fsp3) is 0.474. The van der Waals surface area contributed by atoms with Crippen LogP contribution in [0.2, 0.25) is 5.02 Å². The lowest BCUT2D eigenvalue weighted by Gasteiger charge is -2.35. The van der Waals surface area contributed by atoms with Crippen LogP contribution in [0.3, 0.4) is 0 Å². The minimum atomic E-state index is -3.55. The van der Waals surface area contributed by atoms with Gasteiger partial charge in [-0.25, -0.2) is 18.4 Å². The molecule has 1 aromatic carbocycles. The molecule has 28 heavy (non-hydrogen) atoms. The van der Waals surface area contributed by atoms with E-state index in [1.165, 1.54) is 23.2 Å². The van der Waals surface area contributed by atoms with Gasteiger partial charge in [0, 0.05) is 50.4 Å². The second kappa shape index (κ2) is 7.85. The Hall–Kier alpha value is -1.90. The smallest absolute Gasteiger partial charge is 0.243 e. The number of piperazine rings is 1. The first-order valence-electron chi connectivity index (χ1n) is 9.53. The molecule has 0 saturated carbocycles. The molecule has 3 heterocycles. The highest BCUT2D eigenvalue weighted by atomic mass is 35.5. The highest BCUT2D eigenvalue weighted by molar-refractivity contribution is 7.89. The van der Waals surface area contributed by atoms with E-state index < -0.39 is 10.0 Å². The highest BCUT2D eigenvalue weighted by Crippen LogP contribution is 2.26. The third kappa shape index (κ3) is 3.81. The molecule has 0 bridgehead atoms. The maximum Gasteiger partial charge on any atom is 0.243 e. The fourth-order valence-corrected chi connectivity index (χ4v) is 5.36. The van der Waals surface area contributed by atoms with Crippen LogP contribution in [0.1, 0.15) is 18.4 Å². The number of hydrogen-bond donors (Lipinski definition) is 0. The lowest BCUT2D eigenvalue weighted by Crippen LogP contribution is -2.49. The standard InChI is InChI=1S/C19H24ClN5O2S/c1-15-4-5-16(12-17(15)20)28(26,27)25-10-8-24(9-11-25)19-13-18(21-14-22-19)23-6-2-3-7-23/h4-5,12-14H,2-3,6-11H2,1H3. The molecular weight excluding hydrogens is 398 g/mol. The number of anilines is 2. The third-order valence-electron chi connectivity index (χ3n) is 5.41. The van der Waals surface area contributed by atoms with E-state index in [4.69, 9.17) is 11.6 Å². The van der Waals surface area contributed by atoms with Crippen LogP contribution in [0.15, 0.2) is 35.5 Å². The van der Waals surface area contributed by atoms with Crippen molar-refractivity contribution >= 4 is 33.3 Å². The van der Waals surface area contributed by atoms with Gasteiger partial charge < -0.3 is 9.80 Å². The Morgan fingerprint density at radius 2 is 1.50 bits per heavy atom. The number of aryl methyl sites for hydroxylation is 1. The summed E-state index contributed by atoms with van der Waals surface area (Å²) in [5.41, 5.74) is 0.864. The summed E-state index contributed by atoms with van der Waals surface area (Å²) in [5.74, 6) is 1.80. The maximum atomic E-state index is 12.9. The van der Waals surface area contributed by atoms with Crippen LogP contribution in [-0.2, 0) is 10.0 Å². The minimum Gasteiger partial charge on any atom is -0.356 e. The summed E-state index contributed by atoms with van der Waals surface area (Å²) in [4.78, 5) is 13.4. The Bertz CT molecular complexity index is 955. The highest BCUT2D eigenvalue weighted by Gasteiger charge is 2.29. The predicted molar refractivity (Wildman–Crippen MR) is 111 cm³/mol. The molecule has 2 aliphatic heterocycles. The quantitative estimate of drug-likeness (QED) is 0.755. The number of aromatic nitrogens is 2. The molecule has 0 atom stereocenters. The van der Waals surface area contributed by atoms with Crippen LogP contribution >= 0.6 is 11.6 Å². The molecular formula is C19H24ClN5O2S. The Balaban J connectivity index is 1.45. The van der Waals surface area contributed by atoms with Crippen molar-refractivity contribution in [2.45, 2.75) is 24.7 Å². The molecule has 0 spiro atoms. The van der Waals surface area contributed by atoms with Gasteiger partial charge in [0.25, 0.3) is 0 Å². The van der Waals surface area contributed by atoms with Crippen molar-refractivity contribution in [3.63, 3.8) is 0 Å². The predicted octanol–water partition coefficient (Wildman–Crippen LogP) is 2.55. The molecule has 0 unspecified atom stereocenters. The van der Waals surface area contributed by atoms with Gasteiger partial charge in [-0.15, -0.1) is 0 Å². The van der Waals surface area contributed by atoms with Crippen molar-refractivity contribution in [2.75, 3.05) is 49.1 Å². The van der Waals surface area contributed by atoms with Gasteiger partial charge in [0.2, 0.25) is 10.0 Å². The summed E-state index contributed by atoms with van der Waals surface area (Å²) in [7, 11) is -3.55. The normalized spacial score (nSPS) is 18.6. The Morgan fingerprint density at radius 1 is 0.893 bits per heavy atom. The molecule has 2 aromatic rings. The lowest BCUT2D eigenvalue weighted by atomic mass is 10.2. The molecule has 0 N–H and O–H groups in total. The first-order valence-corrected chi connectivity index (χ1v) is 11.4. The second-order valence-electron chi connectivity index (χ2n) is 7.23. The monoisotopic (exact) mass is 421 g/mol. The summed E-state index contributed by atoms with van der Waals surface area (Å²) >= 11 is 6.12. The Labute approximate surface area is 171 Å². The van der Waals surface area contributed by atoms with Gasteiger partial charge in [-0.3, -0.25) is 0 Å². The van der Waals surface area contributed by atoms with Crippen LogP contribution in [0.5, 0.6) is 0 Å². The molecule has 0 radical (unpaired) electrons. The number of hydrogen-bond acceptors (Lipinski definition) is 6. The molecule has 0 aliphatic carbocycles. The zero-order valence-corrected chi connectivity index (χ0v) is 17.5. The number of rotatable bonds is 4. The fourth-order valence-electron chi connectivity index (χ4n) is 3.67. The van der Waals surface area contributed by atoms with E-state index >= 15 is 0 Å². The molecule has 7 nitrogen and oxygen atoms in total. The van der Waals surface area contributed by atoms with Gasteiger partial charge in [-0.2, -0.15) is 4.31 Å². The van der Waals surface area contributed by atoms with E-state index in [-0.39, 0.29) is 4.90 Å². The van der Waals surface area contributed by atoms with E-state index in [1.54, 1.807) is 18.5 Å². The topological polar surface area (TPSA) is 69.6 Å². The second-order valence-corrected chi connectivity index (χ2v) is 9.58. The molecule has 4 rings (SSSR count). The van der Waals surface area contributed by atoms with Gasteiger partial charge in [0.15, 0.2) is 0 Å². The zero-order valence-electron chi connectivity index (χ0n) is 15.9. The lowest BCUT2D eigenvalue weighted by molar-refractivity contribution is 0.384. The summed E-state index contributed by atoms with van der Waals surface area (Å²) in [6.07, 6.45) is 3.98. The molecule has 0 amide bonds. The van der Waals surface area contributed by atoms with E-state index in [0.717, 1.165) is 30.3 Å².